The van der Waals surface area contributed by atoms with Crippen molar-refractivity contribution in [2.24, 2.45) is 0 Å². The standard InChI is InChI=1S/C13H14N4O2/c18-13(5-6-17-9-14-8-15-17)16-11-7-19-12-4-2-1-3-10(11)12/h1-4,8-9,11H,5-7H2,(H,16,18)/t11-/m0/s1. The lowest BCUT2D eigenvalue weighted by atomic mass is 10.1. The normalized spacial score (nSPS) is 16.7. The number of carbonyl (C=O) groups excluding carboxylic acids is 1. The number of hydrogen-bond donors (Lipinski definition) is 1. The number of aromatic nitrogens is 3. The van der Waals surface area contributed by atoms with Crippen molar-refractivity contribution >= 4 is 5.91 Å². The number of fused-ring (bicyclic) bond motifs is 1. The second-order valence-electron chi connectivity index (χ2n) is 4.38. The highest BCUT2D eigenvalue weighted by atomic mass is 16.5. The van der Waals surface area contributed by atoms with Gasteiger partial charge in [-0.05, 0) is 6.07 Å². The molecule has 6 heteroatoms. The maximum atomic E-state index is 11.9. The van der Waals surface area contributed by atoms with E-state index >= 15 is 0 Å². The van der Waals surface area contributed by atoms with Gasteiger partial charge in [-0.25, -0.2) is 4.98 Å². The Morgan fingerprint density at radius 2 is 2.37 bits per heavy atom. The molecule has 98 valence electrons. The fourth-order valence-electron chi connectivity index (χ4n) is 2.11. The molecule has 1 aromatic carbocycles. The minimum atomic E-state index is -0.0561. The lowest BCUT2D eigenvalue weighted by Crippen LogP contribution is -2.30. The van der Waals surface area contributed by atoms with Crippen molar-refractivity contribution in [3.05, 3.63) is 42.5 Å². The zero-order chi connectivity index (χ0) is 13.1. The van der Waals surface area contributed by atoms with Crippen LogP contribution in [0.25, 0.3) is 0 Å². The number of nitrogens with one attached hydrogen (secondary N) is 1. The molecule has 3 rings (SSSR count). The number of benzene rings is 1. The van der Waals surface area contributed by atoms with E-state index in [9.17, 15) is 4.79 Å². The van der Waals surface area contributed by atoms with Gasteiger partial charge in [0.25, 0.3) is 0 Å². The van der Waals surface area contributed by atoms with Crippen molar-refractivity contribution in [2.75, 3.05) is 6.61 Å². The molecule has 0 aliphatic carbocycles. The average molecular weight is 258 g/mol. The molecule has 2 heterocycles. The van der Waals surface area contributed by atoms with Crippen LogP contribution in [0, 0.1) is 0 Å². The van der Waals surface area contributed by atoms with Crippen LogP contribution in [-0.2, 0) is 11.3 Å². The molecule has 19 heavy (non-hydrogen) atoms. The molecule has 1 N–H and O–H groups in total. The molecule has 1 amide bonds. The van der Waals surface area contributed by atoms with E-state index in [1.165, 1.54) is 6.33 Å². The summed E-state index contributed by atoms with van der Waals surface area (Å²) in [5.41, 5.74) is 1.04. The Morgan fingerprint density at radius 1 is 1.47 bits per heavy atom. The van der Waals surface area contributed by atoms with Gasteiger partial charge in [-0.1, -0.05) is 18.2 Å². The number of para-hydroxylation sites is 1. The average Bonchev–Trinajstić information content (AvgIpc) is 3.07. The molecule has 0 saturated carbocycles. The van der Waals surface area contributed by atoms with Gasteiger partial charge in [-0.3, -0.25) is 9.48 Å². The Morgan fingerprint density at radius 3 is 3.21 bits per heavy atom. The monoisotopic (exact) mass is 258 g/mol. The fraction of sp³-hybridized carbons (Fsp3) is 0.308. The maximum Gasteiger partial charge on any atom is 0.222 e. The van der Waals surface area contributed by atoms with Crippen LogP contribution in [0.4, 0.5) is 0 Å². The lowest BCUT2D eigenvalue weighted by Gasteiger charge is -2.11. The minimum absolute atomic E-state index is 0.0131. The van der Waals surface area contributed by atoms with E-state index in [0.29, 0.717) is 19.6 Å². The second-order valence-corrected chi connectivity index (χ2v) is 4.38. The first-order valence-electron chi connectivity index (χ1n) is 6.16. The Bertz CT molecular complexity index is 568. The third-order valence-electron chi connectivity index (χ3n) is 3.07. The summed E-state index contributed by atoms with van der Waals surface area (Å²) in [5.74, 6) is 0.838. The van der Waals surface area contributed by atoms with E-state index in [-0.39, 0.29) is 11.9 Å². The predicted molar refractivity (Wildman–Crippen MR) is 67.5 cm³/mol. The molecule has 2 aromatic rings. The van der Waals surface area contributed by atoms with Gasteiger partial charge < -0.3 is 10.1 Å². The van der Waals surface area contributed by atoms with Crippen LogP contribution >= 0.6 is 0 Å². The highest BCUT2D eigenvalue weighted by molar-refractivity contribution is 5.76. The summed E-state index contributed by atoms with van der Waals surface area (Å²) in [5, 5.41) is 6.93. The Kier molecular flexibility index (Phi) is 3.14. The third-order valence-corrected chi connectivity index (χ3v) is 3.07. The highest BCUT2D eigenvalue weighted by Gasteiger charge is 2.24. The molecular formula is C13H14N4O2. The zero-order valence-electron chi connectivity index (χ0n) is 10.3. The van der Waals surface area contributed by atoms with Crippen molar-refractivity contribution < 1.29 is 9.53 Å². The van der Waals surface area contributed by atoms with Gasteiger partial charge in [0.2, 0.25) is 5.91 Å². The molecule has 0 spiro atoms. The van der Waals surface area contributed by atoms with Crippen LogP contribution in [0.3, 0.4) is 0 Å². The van der Waals surface area contributed by atoms with Gasteiger partial charge in [-0.15, -0.1) is 0 Å². The molecule has 1 aromatic heterocycles. The quantitative estimate of drug-likeness (QED) is 0.885. The molecular weight excluding hydrogens is 244 g/mol. The van der Waals surface area contributed by atoms with Crippen LogP contribution in [0.2, 0.25) is 0 Å². The van der Waals surface area contributed by atoms with Crippen molar-refractivity contribution in [3.63, 3.8) is 0 Å². The molecule has 1 atom stereocenters. The second kappa shape index (κ2) is 5.09. The van der Waals surface area contributed by atoms with E-state index in [1.54, 1.807) is 11.0 Å². The maximum absolute atomic E-state index is 11.9. The van der Waals surface area contributed by atoms with Gasteiger partial charge in [0.05, 0.1) is 12.6 Å². The van der Waals surface area contributed by atoms with E-state index in [2.05, 4.69) is 15.4 Å². The Labute approximate surface area is 110 Å². The summed E-state index contributed by atoms with van der Waals surface area (Å²) in [4.78, 5) is 15.7. The van der Waals surface area contributed by atoms with Crippen LogP contribution in [0.1, 0.15) is 18.0 Å². The first kappa shape index (κ1) is 11.7. The summed E-state index contributed by atoms with van der Waals surface area (Å²) in [6.07, 6.45) is 3.43. The predicted octanol–water partition coefficient (Wildman–Crippen LogP) is 0.918. The van der Waals surface area contributed by atoms with Gasteiger partial charge in [0, 0.05) is 12.0 Å². The van der Waals surface area contributed by atoms with Crippen molar-refractivity contribution in [3.8, 4) is 5.75 Å². The number of nitrogens with zero attached hydrogens (tertiary/aromatic N) is 3. The molecule has 0 unspecified atom stereocenters. The number of ether oxygens (including phenoxy) is 1. The van der Waals surface area contributed by atoms with Gasteiger partial charge >= 0.3 is 0 Å². The van der Waals surface area contributed by atoms with Crippen molar-refractivity contribution in [2.45, 2.75) is 19.0 Å². The fourth-order valence-corrected chi connectivity index (χ4v) is 2.11. The summed E-state index contributed by atoms with van der Waals surface area (Å²) < 4.78 is 7.16. The van der Waals surface area contributed by atoms with Crippen molar-refractivity contribution in [1.82, 2.24) is 20.1 Å². The Balaban J connectivity index is 1.56. The van der Waals surface area contributed by atoms with E-state index in [4.69, 9.17) is 4.74 Å². The molecule has 0 radical (unpaired) electrons. The number of hydrogen-bond acceptors (Lipinski definition) is 4. The first-order valence-corrected chi connectivity index (χ1v) is 6.16. The van der Waals surface area contributed by atoms with Crippen LogP contribution in [0.5, 0.6) is 5.75 Å². The minimum Gasteiger partial charge on any atom is -0.491 e. The molecule has 0 fully saturated rings. The van der Waals surface area contributed by atoms with Crippen LogP contribution < -0.4 is 10.1 Å². The summed E-state index contributed by atoms with van der Waals surface area (Å²) in [7, 11) is 0. The largest absolute Gasteiger partial charge is 0.491 e. The molecule has 0 saturated heterocycles. The molecule has 0 bridgehead atoms. The van der Waals surface area contributed by atoms with E-state index < -0.39 is 0 Å². The molecule has 1 aliphatic rings. The smallest absolute Gasteiger partial charge is 0.222 e. The van der Waals surface area contributed by atoms with E-state index in [0.717, 1.165) is 11.3 Å². The SMILES string of the molecule is O=C(CCn1cncn1)N[C@H]1COc2ccccc21. The third kappa shape index (κ3) is 2.57. The van der Waals surface area contributed by atoms with Gasteiger partial charge in [0.15, 0.2) is 0 Å². The number of amides is 1. The Hall–Kier alpha value is -2.37. The molecule has 6 nitrogen and oxygen atoms in total. The number of rotatable bonds is 4. The number of aryl methyl sites for hydroxylation is 1. The molecule has 1 aliphatic heterocycles. The van der Waals surface area contributed by atoms with Gasteiger partial charge in [0.1, 0.15) is 25.0 Å². The highest BCUT2D eigenvalue weighted by Crippen LogP contribution is 2.31. The number of carbonyl (C=O) groups is 1. The first-order chi connectivity index (χ1) is 9.33. The van der Waals surface area contributed by atoms with Crippen LogP contribution in [0.15, 0.2) is 36.9 Å². The lowest BCUT2D eigenvalue weighted by molar-refractivity contribution is -0.122. The van der Waals surface area contributed by atoms with Crippen molar-refractivity contribution in [1.29, 1.82) is 0 Å². The summed E-state index contributed by atoms with van der Waals surface area (Å²) in [6.45, 7) is 1.02. The topological polar surface area (TPSA) is 69.0 Å². The van der Waals surface area contributed by atoms with E-state index in [1.807, 2.05) is 24.3 Å². The zero-order valence-corrected chi connectivity index (χ0v) is 10.3. The summed E-state index contributed by atoms with van der Waals surface area (Å²) >= 11 is 0. The summed E-state index contributed by atoms with van der Waals surface area (Å²) in [6, 6.07) is 7.71. The van der Waals surface area contributed by atoms with Gasteiger partial charge in [-0.2, -0.15) is 5.10 Å². The van der Waals surface area contributed by atoms with Crippen LogP contribution in [-0.4, -0.2) is 27.3 Å².